The quantitative estimate of drug-likeness (QED) is 0.702. The molecular formula is C12H10N2O2. The minimum atomic E-state index is -0.0505. The summed E-state index contributed by atoms with van der Waals surface area (Å²) in [5.74, 6) is 0.661. The van der Waals surface area contributed by atoms with Gasteiger partial charge in [-0.2, -0.15) is 0 Å². The van der Waals surface area contributed by atoms with Crippen LogP contribution < -0.4 is 4.90 Å². The Hall–Kier alpha value is -2.10. The monoisotopic (exact) mass is 214 g/mol. The molecule has 0 N–H and O–H groups in total. The summed E-state index contributed by atoms with van der Waals surface area (Å²) in [5, 5.41) is 0. The van der Waals surface area contributed by atoms with Crippen LogP contribution in [0.15, 0.2) is 42.2 Å². The zero-order valence-corrected chi connectivity index (χ0v) is 8.59. The molecule has 0 radical (unpaired) electrons. The van der Waals surface area contributed by atoms with Gasteiger partial charge in [0.2, 0.25) is 5.91 Å². The predicted molar refractivity (Wildman–Crippen MR) is 58.3 cm³/mol. The lowest BCUT2D eigenvalue weighted by molar-refractivity contribution is -0.128. The molecule has 0 aromatic heterocycles. The van der Waals surface area contributed by atoms with E-state index in [1.165, 1.54) is 4.90 Å². The second-order valence-corrected chi connectivity index (χ2v) is 3.81. The number of carbonyl (C=O) groups is 2. The zero-order chi connectivity index (χ0) is 11.1. The number of hydrogen-bond donors (Lipinski definition) is 0. The Labute approximate surface area is 92.8 Å². The number of fused-ring (bicyclic) bond motifs is 1. The van der Waals surface area contributed by atoms with Crippen molar-refractivity contribution in [2.45, 2.75) is 6.42 Å². The minimum Gasteiger partial charge on any atom is -0.288 e. The van der Waals surface area contributed by atoms with Crippen LogP contribution in [-0.2, 0) is 9.59 Å². The molecule has 1 aromatic carbocycles. The molecule has 1 aromatic rings. The summed E-state index contributed by atoms with van der Waals surface area (Å²) in [6.07, 6.45) is 2.20. The minimum absolute atomic E-state index is 0.00165. The summed E-state index contributed by atoms with van der Waals surface area (Å²) in [4.78, 5) is 26.4. The number of para-hydroxylation sites is 1. The molecule has 16 heavy (non-hydrogen) atoms. The topological polar surface area (TPSA) is 40.6 Å². The van der Waals surface area contributed by atoms with Crippen LogP contribution in [0.1, 0.15) is 6.42 Å². The van der Waals surface area contributed by atoms with Crippen molar-refractivity contribution in [2.24, 2.45) is 0 Å². The molecule has 2 aliphatic heterocycles. The second kappa shape index (κ2) is 3.20. The van der Waals surface area contributed by atoms with E-state index in [1.54, 1.807) is 11.0 Å². The molecule has 4 heteroatoms. The number of benzene rings is 1. The van der Waals surface area contributed by atoms with Gasteiger partial charge in [-0.15, -0.1) is 0 Å². The van der Waals surface area contributed by atoms with Crippen molar-refractivity contribution >= 4 is 17.5 Å². The van der Waals surface area contributed by atoms with Gasteiger partial charge in [-0.25, -0.2) is 0 Å². The Kier molecular flexibility index (Phi) is 1.83. The molecule has 0 bridgehead atoms. The number of nitrogens with zero attached hydrogens (tertiary/aromatic N) is 2. The van der Waals surface area contributed by atoms with Crippen LogP contribution in [0.2, 0.25) is 0 Å². The van der Waals surface area contributed by atoms with Gasteiger partial charge < -0.3 is 0 Å². The maximum atomic E-state index is 11.8. The summed E-state index contributed by atoms with van der Waals surface area (Å²) >= 11 is 0. The van der Waals surface area contributed by atoms with Gasteiger partial charge in [-0.3, -0.25) is 19.4 Å². The van der Waals surface area contributed by atoms with E-state index >= 15 is 0 Å². The maximum absolute atomic E-state index is 11.8. The van der Waals surface area contributed by atoms with Crippen LogP contribution in [0.4, 0.5) is 5.69 Å². The van der Waals surface area contributed by atoms with E-state index < -0.39 is 0 Å². The van der Waals surface area contributed by atoms with E-state index in [2.05, 4.69) is 0 Å². The van der Waals surface area contributed by atoms with Crippen LogP contribution in [0.5, 0.6) is 0 Å². The molecule has 0 saturated carbocycles. The van der Waals surface area contributed by atoms with Crippen molar-refractivity contribution < 1.29 is 9.59 Å². The Balaban J connectivity index is 2.03. The van der Waals surface area contributed by atoms with Gasteiger partial charge in [0.05, 0.1) is 5.69 Å². The molecule has 80 valence electrons. The summed E-state index contributed by atoms with van der Waals surface area (Å²) < 4.78 is 0. The average Bonchev–Trinajstić information content (AvgIpc) is 2.80. The lowest BCUT2D eigenvalue weighted by Gasteiger charge is -2.17. The third-order valence-corrected chi connectivity index (χ3v) is 2.82. The van der Waals surface area contributed by atoms with Crippen molar-refractivity contribution in [3.63, 3.8) is 0 Å². The predicted octanol–water partition coefficient (Wildman–Crippen LogP) is 1.11. The lowest BCUT2D eigenvalue weighted by atomic mass is 10.3. The van der Waals surface area contributed by atoms with Crippen molar-refractivity contribution in [1.82, 2.24) is 4.90 Å². The number of hydrogen-bond acceptors (Lipinski definition) is 2. The number of carbonyl (C=O) groups excluding carboxylic acids is 2. The van der Waals surface area contributed by atoms with Gasteiger partial charge >= 0.3 is 0 Å². The highest BCUT2D eigenvalue weighted by molar-refractivity contribution is 6.05. The SMILES string of the molecule is O=C1CC=C2N1CC(=O)N2c1ccccc1. The first-order chi connectivity index (χ1) is 7.77. The van der Waals surface area contributed by atoms with Crippen molar-refractivity contribution in [3.8, 4) is 0 Å². The van der Waals surface area contributed by atoms with E-state index in [-0.39, 0.29) is 18.4 Å². The molecule has 2 aliphatic rings. The molecule has 0 spiro atoms. The van der Waals surface area contributed by atoms with Gasteiger partial charge in [-0.05, 0) is 18.2 Å². The molecule has 0 unspecified atom stereocenters. The Morgan fingerprint density at radius 2 is 1.75 bits per heavy atom. The molecule has 2 amide bonds. The maximum Gasteiger partial charge on any atom is 0.252 e. The summed E-state index contributed by atoms with van der Waals surface area (Å²) in [6, 6.07) is 9.39. The van der Waals surface area contributed by atoms with E-state index in [0.29, 0.717) is 12.2 Å². The van der Waals surface area contributed by atoms with E-state index in [9.17, 15) is 9.59 Å². The summed E-state index contributed by atoms with van der Waals surface area (Å²) in [7, 11) is 0. The van der Waals surface area contributed by atoms with Crippen molar-refractivity contribution in [3.05, 3.63) is 42.2 Å². The highest BCUT2D eigenvalue weighted by Crippen LogP contribution is 2.31. The summed E-state index contributed by atoms with van der Waals surface area (Å²) in [6.45, 7) is 0.166. The summed E-state index contributed by atoms with van der Waals surface area (Å²) in [5.41, 5.74) is 0.816. The lowest BCUT2D eigenvalue weighted by Crippen LogP contribution is -2.23. The molecule has 0 aliphatic carbocycles. The van der Waals surface area contributed by atoms with Crippen LogP contribution in [-0.4, -0.2) is 23.3 Å². The van der Waals surface area contributed by atoms with Crippen LogP contribution in [0, 0.1) is 0 Å². The smallest absolute Gasteiger partial charge is 0.252 e. The van der Waals surface area contributed by atoms with Crippen LogP contribution >= 0.6 is 0 Å². The first-order valence-corrected chi connectivity index (χ1v) is 5.16. The fraction of sp³-hybridized carbons (Fsp3) is 0.167. The number of anilines is 1. The molecular weight excluding hydrogens is 204 g/mol. The van der Waals surface area contributed by atoms with Gasteiger partial charge in [0.1, 0.15) is 12.4 Å². The molecule has 4 nitrogen and oxygen atoms in total. The largest absolute Gasteiger partial charge is 0.288 e. The zero-order valence-electron chi connectivity index (χ0n) is 8.59. The average molecular weight is 214 g/mol. The van der Waals surface area contributed by atoms with E-state index in [4.69, 9.17) is 0 Å². The standard InChI is InChI=1S/C12H10N2O2/c15-11-7-6-10-13(11)8-12(16)14(10)9-4-2-1-3-5-9/h1-6H,7-8H2. The Bertz CT molecular complexity index is 493. The highest BCUT2D eigenvalue weighted by Gasteiger charge is 2.39. The third-order valence-electron chi connectivity index (χ3n) is 2.82. The Morgan fingerprint density at radius 3 is 2.50 bits per heavy atom. The van der Waals surface area contributed by atoms with E-state index in [0.717, 1.165) is 5.69 Å². The third kappa shape index (κ3) is 1.16. The van der Waals surface area contributed by atoms with Crippen molar-refractivity contribution in [2.75, 3.05) is 11.4 Å². The first-order valence-electron chi connectivity index (χ1n) is 5.16. The highest BCUT2D eigenvalue weighted by atomic mass is 16.2. The van der Waals surface area contributed by atoms with Crippen LogP contribution in [0.25, 0.3) is 0 Å². The van der Waals surface area contributed by atoms with Gasteiger partial charge in [0.15, 0.2) is 0 Å². The van der Waals surface area contributed by atoms with Crippen molar-refractivity contribution in [1.29, 1.82) is 0 Å². The van der Waals surface area contributed by atoms with Gasteiger partial charge in [0, 0.05) is 6.42 Å². The molecule has 1 fully saturated rings. The fourth-order valence-corrected chi connectivity index (χ4v) is 2.09. The molecule has 0 atom stereocenters. The molecule has 1 saturated heterocycles. The van der Waals surface area contributed by atoms with Crippen LogP contribution in [0.3, 0.4) is 0 Å². The van der Waals surface area contributed by atoms with Gasteiger partial charge in [-0.1, -0.05) is 18.2 Å². The normalized spacial score (nSPS) is 19.1. The Morgan fingerprint density at radius 1 is 1.00 bits per heavy atom. The number of rotatable bonds is 1. The molecule has 3 rings (SSSR count). The molecule has 2 heterocycles. The fourth-order valence-electron chi connectivity index (χ4n) is 2.09. The second-order valence-electron chi connectivity index (χ2n) is 3.81. The number of amides is 2. The van der Waals surface area contributed by atoms with E-state index in [1.807, 2.05) is 30.3 Å². The van der Waals surface area contributed by atoms with Gasteiger partial charge in [0.25, 0.3) is 5.91 Å². The first kappa shape index (κ1) is 9.15.